The van der Waals surface area contributed by atoms with Crippen LogP contribution in [0.2, 0.25) is 11.5 Å². The molecule has 1 saturated carbocycles. The van der Waals surface area contributed by atoms with E-state index in [0.717, 1.165) is 5.69 Å². The van der Waals surface area contributed by atoms with Crippen LogP contribution in [0.1, 0.15) is 37.2 Å². The number of benzene rings is 3. The molecule has 32 heavy (non-hydrogen) atoms. The molecule has 1 fully saturated rings. The van der Waals surface area contributed by atoms with Crippen LogP contribution in [0.5, 0.6) is 0 Å². The summed E-state index contributed by atoms with van der Waals surface area (Å²) in [7, 11) is 0. The van der Waals surface area contributed by atoms with Crippen molar-refractivity contribution in [1.29, 1.82) is 0 Å². The molecule has 0 unspecified atom stereocenters. The third-order valence-electron chi connectivity index (χ3n) is 7.17. The summed E-state index contributed by atoms with van der Waals surface area (Å²) < 4.78 is 3.10. The Kier molecular flexibility index (Phi) is 6.01. The predicted molar refractivity (Wildman–Crippen MR) is 140 cm³/mol. The van der Waals surface area contributed by atoms with Crippen LogP contribution >= 0.6 is 0 Å². The molecule has 0 aliphatic heterocycles. The van der Waals surface area contributed by atoms with Gasteiger partial charge >= 0.3 is 195 Å². The molecule has 0 saturated heterocycles. The molecule has 160 valence electrons. The van der Waals surface area contributed by atoms with Crippen molar-refractivity contribution < 1.29 is 0 Å². The number of rotatable bonds is 5. The summed E-state index contributed by atoms with van der Waals surface area (Å²) in [4.78, 5) is 5.05. The fourth-order valence-corrected chi connectivity index (χ4v) is 10.9. The number of aromatic nitrogens is 1. The van der Waals surface area contributed by atoms with Crippen molar-refractivity contribution in [2.75, 3.05) is 0 Å². The van der Waals surface area contributed by atoms with E-state index in [1.54, 1.807) is 9.96 Å². The third kappa shape index (κ3) is 4.19. The zero-order chi connectivity index (χ0) is 22.0. The Bertz CT molecular complexity index is 1190. The molecule has 0 spiro atoms. The van der Waals surface area contributed by atoms with Gasteiger partial charge in [-0.3, -0.25) is 0 Å². The van der Waals surface area contributed by atoms with Gasteiger partial charge in [-0.2, -0.15) is 0 Å². The van der Waals surface area contributed by atoms with Crippen molar-refractivity contribution >= 4 is 22.1 Å². The van der Waals surface area contributed by atoms with E-state index in [4.69, 9.17) is 4.98 Å². The number of pyridine rings is 1. The van der Waals surface area contributed by atoms with E-state index in [-0.39, 0.29) is 0 Å². The van der Waals surface area contributed by atoms with E-state index in [1.165, 1.54) is 46.8 Å². The van der Waals surface area contributed by atoms with Crippen molar-refractivity contribution in [3.05, 3.63) is 103 Å². The number of nitrogens with zero attached hydrogens (tertiary/aromatic N) is 1. The summed E-state index contributed by atoms with van der Waals surface area (Å²) in [5.41, 5.74) is 6.40. The van der Waals surface area contributed by atoms with E-state index in [2.05, 4.69) is 109 Å². The van der Waals surface area contributed by atoms with Crippen molar-refractivity contribution in [1.82, 2.24) is 4.98 Å². The molecule has 3 aromatic carbocycles. The van der Waals surface area contributed by atoms with Gasteiger partial charge in [0, 0.05) is 0 Å². The van der Waals surface area contributed by atoms with Gasteiger partial charge in [0.1, 0.15) is 0 Å². The van der Waals surface area contributed by atoms with E-state index in [9.17, 15) is 0 Å². The molecule has 1 aromatic heterocycles. The fourth-order valence-electron chi connectivity index (χ4n) is 5.22. The Morgan fingerprint density at radius 3 is 2.03 bits per heavy atom. The zero-order valence-electron chi connectivity index (χ0n) is 19.1. The van der Waals surface area contributed by atoms with Gasteiger partial charge in [-0.15, -0.1) is 0 Å². The van der Waals surface area contributed by atoms with Crippen LogP contribution in [-0.4, -0.2) is 18.3 Å². The van der Waals surface area contributed by atoms with Gasteiger partial charge in [0.15, 0.2) is 0 Å². The Hall–Kier alpha value is -2.65. The average molecular weight is 478 g/mol. The van der Waals surface area contributed by atoms with Crippen LogP contribution in [0.3, 0.4) is 0 Å². The molecular formula is C30H31GeN. The molecule has 1 aliphatic carbocycles. The first-order chi connectivity index (χ1) is 15.6. The first kappa shape index (κ1) is 21.2. The van der Waals surface area contributed by atoms with E-state index in [1.807, 2.05) is 0 Å². The topological polar surface area (TPSA) is 12.9 Å². The molecule has 0 bridgehead atoms. The number of hydrogen-bond donors (Lipinski definition) is 0. The normalized spacial score (nSPS) is 14.6. The average Bonchev–Trinajstić information content (AvgIpc) is 3.40. The van der Waals surface area contributed by atoms with Crippen LogP contribution in [0.4, 0.5) is 0 Å². The Morgan fingerprint density at radius 2 is 1.31 bits per heavy atom. The summed E-state index contributed by atoms with van der Waals surface area (Å²) in [6.07, 6.45) is 7.57. The summed E-state index contributed by atoms with van der Waals surface area (Å²) >= 11 is -2.43. The quantitative estimate of drug-likeness (QED) is 0.285. The molecular weight excluding hydrogens is 447 g/mol. The second kappa shape index (κ2) is 9.07. The van der Waals surface area contributed by atoms with Crippen LogP contribution in [-0.2, 0) is 0 Å². The van der Waals surface area contributed by atoms with E-state index >= 15 is 0 Å². The molecule has 1 nitrogen and oxygen atoms in total. The Balaban J connectivity index is 1.60. The van der Waals surface area contributed by atoms with Gasteiger partial charge in [0.2, 0.25) is 0 Å². The Morgan fingerprint density at radius 1 is 0.688 bits per heavy atom. The zero-order valence-corrected chi connectivity index (χ0v) is 21.2. The fraction of sp³-hybridized carbons (Fsp3) is 0.233. The number of hydrogen-bond acceptors (Lipinski definition) is 1. The van der Waals surface area contributed by atoms with Gasteiger partial charge in [-0.05, 0) is 0 Å². The summed E-state index contributed by atoms with van der Waals surface area (Å²) in [5, 5.41) is 0. The molecule has 4 aromatic rings. The Labute approximate surface area is 194 Å². The van der Waals surface area contributed by atoms with Crippen molar-refractivity contribution in [3.63, 3.8) is 0 Å². The summed E-state index contributed by atoms with van der Waals surface area (Å²) in [6.45, 7) is 0. The SMILES string of the molecule is [CH3][Ge]([CH3])([c]1ccccc1)[c]1cnc(-c2cccc(-c3ccccc3)c2)cc1C1CCCC1. The molecule has 0 N–H and O–H groups in total. The second-order valence-electron chi connectivity index (χ2n) is 9.58. The maximum atomic E-state index is 5.05. The summed E-state index contributed by atoms with van der Waals surface area (Å²) in [5.74, 6) is 5.73. The van der Waals surface area contributed by atoms with E-state index < -0.39 is 13.3 Å². The molecule has 0 atom stereocenters. The second-order valence-corrected chi connectivity index (χ2v) is 18.7. The van der Waals surface area contributed by atoms with Crippen molar-refractivity contribution in [2.24, 2.45) is 0 Å². The minimum absolute atomic E-state index is 0.678. The van der Waals surface area contributed by atoms with Gasteiger partial charge < -0.3 is 0 Å². The molecule has 0 amide bonds. The summed E-state index contributed by atoms with van der Waals surface area (Å²) in [6, 6.07) is 33.1. The van der Waals surface area contributed by atoms with E-state index in [0.29, 0.717) is 5.92 Å². The first-order valence-electron chi connectivity index (χ1n) is 11.8. The van der Waals surface area contributed by atoms with Crippen LogP contribution < -0.4 is 8.79 Å². The van der Waals surface area contributed by atoms with Gasteiger partial charge in [-0.25, -0.2) is 0 Å². The first-order valence-corrected chi connectivity index (χ1v) is 18.1. The van der Waals surface area contributed by atoms with Crippen molar-refractivity contribution in [2.45, 2.75) is 43.1 Å². The third-order valence-corrected chi connectivity index (χ3v) is 14.6. The monoisotopic (exact) mass is 479 g/mol. The predicted octanol–water partition coefficient (Wildman–Crippen LogP) is 6.90. The molecule has 0 radical (unpaired) electrons. The maximum absolute atomic E-state index is 5.05. The molecule has 1 aliphatic rings. The van der Waals surface area contributed by atoms with Gasteiger partial charge in [-0.1, -0.05) is 0 Å². The molecule has 1 heterocycles. The van der Waals surface area contributed by atoms with Crippen LogP contribution in [0, 0.1) is 0 Å². The standard InChI is InChI=1S/C30H31GeN/c1-31(2,27-18-7-4-8-19-27)29-22-32-30(21-28(29)24-14-9-10-15-24)26-17-11-16-25(20-26)23-12-5-3-6-13-23/h3-8,11-13,16-22,24H,9-10,14-15H2,1-2H3. The minimum atomic E-state index is -2.43. The van der Waals surface area contributed by atoms with Gasteiger partial charge in [0.25, 0.3) is 0 Å². The van der Waals surface area contributed by atoms with Crippen LogP contribution in [0.15, 0.2) is 97.2 Å². The van der Waals surface area contributed by atoms with Gasteiger partial charge in [0.05, 0.1) is 0 Å². The molecule has 2 heteroatoms. The van der Waals surface area contributed by atoms with Crippen molar-refractivity contribution in [3.8, 4) is 22.4 Å². The molecule has 5 rings (SSSR count). The van der Waals surface area contributed by atoms with Crippen LogP contribution in [0.25, 0.3) is 22.4 Å².